The lowest BCUT2D eigenvalue weighted by Crippen LogP contribution is -2.20. The molecule has 0 radical (unpaired) electrons. The number of benzene rings is 1. The van der Waals surface area contributed by atoms with Gasteiger partial charge in [0.2, 0.25) is 0 Å². The minimum atomic E-state index is 0.542. The van der Waals surface area contributed by atoms with Crippen molar-refractivity contribution >= 4 is 28.8 Å². The quantitative estimate of drug-likeness (QED) is 0.815. The molecule has 0 bridgehead atoms. The van der Waals surface area contributed by atoms with Crippen LogP contribution in [-0.4, -0.2) is 14.9 Å². The zero-order valence-corrected chi connectivity index (χ0v) is 11.5. The fourth-order valence-corrected chi connectivity index (χ4v) is 1.92. The molecule has 5 heteroatoms. The summed E-state index contributed by atoms with van der Waals surface area (Å²) in [6.45, 7) is 4.12. The number of aryl methyl sites for hydroxylation is 3. The van der Waals surface area contributed by atoms with Crippen LogP contribution in [0.4, 0.5) is 11.5 Å². The summed E-state index contributed by atoms with van der Waals surface area (Å²) in [6.07, 6.45) is 1.86. The standard InChI is InChI=1S/C13H16N4S/c1-9-4-5-11(10(2)8-9)14-13(18)15-12-6-7-17(3)16-12/h4-8H,1-3H3,(H2,14,15,16,18). The van der Waals surface area contributed by atoms with E-state index in [1.165, 1.54) is 11.1 Å². The lowest BCUT2D eigenvalue weighted by atomic mass is 10.1. The largest absolute Gasteiger partial charge is 0.332 e. The Kier molecular flexibility index (Phi) is 3.62. The van der Waals surface area contributed by atoms with Gasteiger partial charge in [-0.1, -0.05) is 17.7 Å². The molecule has 2 N–H and O–H groups in total. The fourth-order valence-electron chi connectivity index (χ4n) is 1.71. The highest BCUT2D eigenvalue weighted by atomic mass is 32.1. The second-order valence-corrected chi connectivity index (χ2v) is 4.68. The summed E-state index contributed by atoms with van der Waals surface area (Å²) in [5.74, 6) is 0.736. The average molecular weight is 260 g/mol. The Bertz CT molecular complexity index is 574. The molecular weight excluding hydrogens is 244 g/mol. The third kappa shape index (κ3) is 3.07. The normalized spacial score (nSPS) is 10.2. The first kappa shape index (κ1) is 12.6. The number of hydrogen-bond acceptors (Lipinski definition) is 2. The summed E-state index contributed by atoms with van der Waals surface area (Å²) < 4.78 is 1.72. The van der Waals surface area contributed by atoms with E-state index in [1.807, 2.05) is 25.4 Å². The third-order valence-electron chi connectivity index (χ3n) is 2.59. The van der Waals surface area contributed by atoms with Crippen LogP contribution in [0.5, 0.6) is 0 Å². The topological polar surface area (TPSA) is 41.9 Å². The van der Waals surface area contributed by atoms with Crippen molar-refractivity contribution in [1.29, 1.82) is 0 Å². The molecule has 2 rings (SSSR count). The maximum atomic E-state index is 5.25. The van der Waals surface area contributed by atoms with Gasteiger partial charge in [-0.3, -0.25) is 4.68 Å². The molecule has 0 amide bonds. The molecule has 1 aromatic carbocycles. The molecule has 18 heavy (non-hydrogen) atoms. The van der Waals surface area contributed by atoms with E-state index < -0.39 is 0 Å². The second-order valence-electron chi connectivity index (χ2n) is 4.27. The molecule has 0 saturated heterocycles. The van der Waals surface area contributed by atoms with Crippen LogP contribution in [0.1, 0.15) is 11.1 Å². The smallest absolute Gasteiger partial charge is 0.176 e. The highest BCUT2D eigenvalue weighted by molar-refractivity contribution is 7.80. The number of rotatable bonds is 2. The predicted molar refractivity (Wildman–Crippen MR) is 79.0 cm³/mol. The molecule has 0 atom stereocenters. The summed E-state index contributed by atoms with van der Waals surface area (Å²) in [5, 5.41) is 11.0. The van der Waals surface area contributed by atoms with Gasteiger partial charge in [-0.2, -0.15) is 5.10 Å². The molecule has 0 fully saturated rings. The summed E-state index contributed by atoms with van der Waals surface area (Å²) in [4.78, 5) is 0. The Balaban J connectivity index is 2.03. The van der Waals surface area contributed by atoms with Crippen molar-refractivity contribution in [1.82, 2.24) is 9.78 Å². The fraction of sp³-hybridized carbons (Fsp3) is 0.231. The number of hydrogen-bond donors (Lipinski definition) is 2. The lowest BCUT2D eigenvalue weighted by Gasteiger charge is -2.11. The van der Waals surface area contributed by atoms with E-state index in [2.05, 4.69) is 41.7 Å². The maximum Gasteiger partial charge on any atom is 0.176 e. The van der Waals surface area contributed by atoms with Gasteiger partial charge in [0.15, 0.2) is 10.9 Å². The summed E-state index contributed by atoms with van der Waals surface area (Å²) in [7, 11) is 1.87. The van der Waals surface area contributed by atoms with Gasteiger partial charge < -0.3 is 10.6 Å². The van der Waals surface area contributed by atoms with Crippen LogP contribution in [0.15, 0.2) is 30.5 Å². The Hall–Kier alpha value is -1.88. The van der Waals surface area contributed by atoms with Crippen LogP contribution in [-0.2, 0) is 7.05 Å². The minimum Gasteiger partial charge on any atom is -0.332 e. The van der Waals surface area contributed by atoms with Gasteiger partial charge in [0.05, 0.1) is 0 Å². The molecule has 1 aromatic heterocycles. The van der Waals surface area contributed by atoms with Gasteiger partial charge in [-0.25, -0.2) is 0 Å². The molecule has 0 unspecified atom stereocenters. The molecule has 0 aliphatic rings. The van der Waals surface area contributed by atoms with Crippen LogP contribution >= 0.6 is 12.2 Å². The molecule has 0 aliphatic heterocycles. The van der Waals surface area contributed by atoms with Crippen molar-refractivity contribution in [2.45, 2.75) is 13.8 Å². The average Bonchev–Trinajstić information content (AvgIpc) is 2.68. The summed E-state index contributed by atoms with van der Waals surface area (Å²) in [6, 6.07) is 8.07. The van der Waals surface area contributed by atoms with Crippen molar-refractivity contribution in [3.05, 3.63) is 41.6 Å². The van der Waals surface area contributed by atoms with Crippen molar-refractivity contribution in [3.63, 3.8) is 0 Å². The van der Waals surface area contributed by atoms with Crippen molar-refractivity contribution in [2.75, 3.05) is 10.6 Å². The molecular formula is C13H16N4S. The highest BCUT2D eigenvalue weighted by Crippen LogP contribution is 2.16. The van der Waals surface area contributed by atoms with E-state index in [0.717, 1.165) is 11.5 Å². The van der Waals surface area contributed by atoms with E-state index >= 15 is 0 Å². The summed E-state index contributed by atoms with van der Waals surface area (Å²) >= 11 is 5.25. The van der Waals surface area contributed by atoms with Crippen LogP contribution in [0, 0.1) is 13.8 Å². The number of thiocarbonyl (C=S) groups is 1. The molecule has 4 nitrogen and oxygen atoms in total. The monoisotopic (exact) mass is 260 g/mol. The van der Waals surface area contributed by atoms with Gasteiger partial charge in [0, 0.05) is 25.0 Å². The van der Waals surface area contributed by atoms with Crippen LogP contribution in [0.25, 0.3) is 0 Å². The summed E-state index contributed by atoms with van der Waals surface area (Å²) in [5.41, 5.74) is 3.41. The van der Waals surface area contributed by atoms with Gasteiger partial charge in [-0.05, 0) is 37.7 Å². The highest BCUT2D eigenvalue weighted by Gasteiger charge is 2.03. The first-order valence-electron chi connectivity index (χ1n) is 5.69. The molecule has 0 saturated carbocycles. The molecule has 1 heterocycles. The number of aromatic nitrogens is 2. The first-order chi connectivity index (χ1) is 8.54. The van der Waals surface area contributed by atoms with Crippen LogP contribution < -0.4 is 10.6 Å². The van der Waals surface area contributed by atoms with E-state index in [-0.39, 0.29) is 0 Å². The van der Waals surface area contributed by atoms with Crippen molar-refractivity contribution < 1.29 is 0 Å². The predicted octanol–water partition coefficient (Wildman–Crippen LogP) is 2.85. The first-order valence-corrected chi connectivity index (χ1v) is 6.10. The Labute approximate surface area is 112 Å². The lowest BCUT2D eigenvalue weighted by molar-refractivity contribution is 0.772. The number of nitrogens with one attached hydrogen (secondary N) is 2. The van der Waals surface area contributed by atoms with Gasteiger partial charge >= 0.3 is 0 Å². The van der Waals surface area contributed by atoms with Crippen molar-refractivity contribution in [2.24, 2.45) is 7.05 Å². The van der Waals surface area contributed by atoms with E-state index in [1.54, 1.807) is 4.68 Å². The molecule has 94 valence electrons. The van der Waals surface area contributed by atoms with Gasteiger partial charge in [-0.15, -0.1) is 0 Å². The Morgan fingerprint density at radius 1 is 1.22 bits per heavy atom. The maximum absolute atomic E-state index is 5.25. The number of anilines is 2. The van der Waals surface area contributed by atoms with Crippen LogP contribution in [0.3, 0.4) is 0 Å². The van der Waals surface area contributed by atoms with Gasteiger partial charge in [0.1, 0.15) is 0 Å². The molecule has 0 aliphatic carbocycles. The number of nitrogens with zero attached hydrogens (tertiary/aromatic N) is 2. The van der Waals surface area contributed by atoms with E-state index in [4.69, 9.17) is 12.2 Å². The zero-order valence-electron chi connectivity index (χ0n) is 10.7. The van der Waals surface area contributed by atoms with Crippen LogP contribution in [0.2, 0.25) is 0 Å². The zero-order chi connectivity index (χ0) is 13.1. The van der Waals surface area contributed by atoms with E-state index in [0.29, 0.717) is 5.11 Å². The third-order valence-corrected chi connectivity index (χ3v) is 2.79. The molecule has 2 aromatic rings. The van der Waals surface area contributed by atoms with E-state index in [9.17, 15) is 0 Å². The SMILES string of the molecule is Cc1ccc(NC(=S)Nc2ccn(C)n2)c(C)c1. The van der Waals surface area contributed by atoms with Gasteiger partial charge in [0.25, 0.3) is 0 Å². The second kappa shape index (κ2) is 5.18. The molecule has 0 spiro atoms. The Morgan fingerprint density at radius 3 is 2.61 bits per heavy atom. The van der Waals surface area contributed by atoms with Crippen molar-refractivity contribution in [3.8, 4) is 0 Å². The minimum absolute atomic E-state index is 0.542. The Morgan fingerprint density at radius 2 is 2.00 bits per heavy atom.